The zero-order valence-electron chi connectivity index (χ0n) is 12.5. The minimum atomic E-state index is -0.165. The Labute approximate surface area is 135 Å². The van der Waals surface area contributed by atoms with Gasteiger partial charge in [-0.15, -0.1) is 24.8 Å². The minimum absolute atomic E-state index is 0. The van der Waals surface area contributed by atoms with E-state index in [-0.39, 0.29) is 36.8 Å². The minimum Gasteiger partial charge on any atom is -0.378 e. The summed E-state index contributed by atoms with van der Waals surface area (Å²) in [5.41, 5.74) is 0. The number of ether oxygens (including phenoxy) is 1. The predicted octanol–water partition coefficient (Wildman–Crippen LogP) is 1.06. The molecule has 2 N–H and O–H groups in total. The van der Waals surface area contributed by atoms with Crippen LogP contribution in [-0.2, 0) is 9.53 Å². The predicted molar refractivity (Wildman–Crippen MR) is 87.1 cm³/mol. The first-order chi connectivity index (χ1) is 8.77. The summed E-state index contributed by atoms with van der Waals surface area (Å²) < 4.78 is 5.26. The molecule has 5 nitrogen and oxygen atoms in total. The van der Waals surface area contributed by atoms with E-state index in [1.54, 1.807) is 0 Å². The fraction of sp³-hybridized carbons (Fsp3) is 0.923. The van der Waals surface area contributed by atoms with Crippen LogP contribution in [0.4, 0.5) is 0 Å². The molecular weight excluding hydrogens is 301 g/mol. The third-order valence-electron chi connectivity index (χ3n) is 3.33. The average molecular weight is 330 g/mol. The van der Waals surface area contributed by atoms with E-state index >= 15 is 0 Å². The first kappa shape index (κ1) is 22.2. The number of nitrogens with zero attached hydrogens (tertiary/aromatic N) is 1. The van der Waals surface area contributed by atoms with E-state index in [0.29, 0.717) is 13.2 Å². The number of halogens is 2. The van der Waals surface area contributed by atoms with Crippen molar-refractivity contribution >= 4 is 30.7 Å². The molecule has 0 bridgehead atoms. The molecule has 1 unspecified atom stereocenters. The van der Waals surface area contributed by atoms with Gasteiger partial charge in [0.05, 0.1) is 13.2 Å². The van der Waals surface area contributed by atoms with Crippen LogP contribution in [0.25, 0.3) is 0 Å². The summed E-state index contributed by atoms with van der Waals surface area (Å²) in [5, 5.41) is 6.11. The van der Waals surface area contributed by atoms with E-state index < -0.39 is 0 Å². The van der Waals surface area contributed by atoms with Gasteiger partial charge in [0.25, 0.3) is 0 Å². The number of nitrogens with one attached hydrogen (secondary N) is 2. The van der Waals surface area contributed by atoms with Gasteiger partial charge in [-0.2, -0.15) is 0 Å². The van der Waals surface area contributed by atoms with Crippen molar-refractivity contribution in [1.29, 1.82) is 0 Å². The Kier molecular flexibility index (Phi) is 15.4. The number of carbonyl (C=O) groups is 1. The highest BCUT2D eigenvalue weighted by molar-refractivity contribution is 5.85. The molecule has 0 radical (unpaired) electrons. The van der Waals surface area contributed by atoms with Crippen molar-refractivity contribution in [2.75, 3.05) is 45.9 Å². The molecule has 1 aliphatic rings. The molecule has 0 aromatic heterocycles. The molecule has 1 heterocycles. The van der Waals surface area contributed by atoms with Crippen molar-refractivity contribution in [3.63, 3.8) is 0 Å². The van der Waals surface area contributed by atoms with Crippen LogP contribution in [0.3, 0.4) is 0 Å². The van der Waals surface area contributed by atoms with E-state index in [1.807, 2.05) is 0 Å². The first-order valence-corrected chi connectivity index (χ1v) is 7.09. The normalized spacial score (nSPS) is 18.1. The van der Waals surface area contributed by atoms with Crippen LogP contribution in [0.5, 0.6) is 0 Å². The smallest absolute Gasteiger partial charge is 0.239 e. The SMILES string of the molecule is CCN(CC)CCCCNC(=O)C1COCCN1.Cl.Cl. The number of hydrogen-bond donors (Lipinski definition) is 2. The second-order valence-corrected chi connectivity index (χ2v) is 4.61. The van der Waals surface area contributed by atoms with E-state index in [9.17, 15) is 4.79 Å². The molecule has 1 fully saturated rings. The second kappa shape index (κ2) is 13.9. The van der Waals surface area contributed by atoms with Crippen molar-refractivity contribution in [3.05, 3.63) is 0 Å². The summed E-state index contributed by atoms with van der Waals surface area (Å²) in [6, 6.07) is -0.165. The van der Waals surface area contributed by atoms with Crippen molar-refractivity contribution in [3.8, 4) is 0 Å². The molecule has 0 aromatic rings. The third kappa shape index (κ3) is 8.97. The van der Waals surface area contributed by atoms with Gasteiger partial charge in [0, 0.05) is 13.1 Å². The Hall–Kier alpha value is -0.0700. The second-order valence-electron chi connectivity index (χ2n) is 4.61. The maximum absolute atomic E-state index is 11.7. The molecule has 1 rings (SSSR count). The first-order valence-electron chi connectivity index (χ1n) is 7.09. The molecule has 1 aliphatic heterocycles. The van der Waals surface area contributed by atoms with E-state index in [1.165, 1.54) is 0 Å². The molecular formula is C13H29Cl2N3O2. The van der Waals surface area contributed by atoms with Gasteiger partial charge >= 0.3 is 0 Å². The van der Waals surface area contributed by atoms with Crippen LogP contribution in [0.1, 0.15) is 26.7 Å². The maximum Gasteiger partial charge on any atom is 0.239 e. The van der Waals surface area contributed by atoms with Crippen LogP contribution in [0, 0.1) is 0 Å². The van der Waals surface area contributed by atoms with Crippen molar-refractivity contribution in [2.45, 2.75) is 32.7 Å². The molecule has 0 spiro atoms. The fourth-order valence-electron chi connectivity index (χ4n) is 2.07. The van der Waals surface area contributed by atoms with E-state index in [4.69, 9.17) is 4.74 Å². The third-order valence-corrected chi connectivity index (χ3v) is 3.33. The van der Waals surface area contributed by atoms with E-state index in [2.05, 4.69) is 29.4 Å². The Morgan fingerprint density at radius 2 is 2.00 bits per heavy atom. The van der Waals surface area contributed by atoms with Gasteiger partial charge in [-0.25, -0.2) is 0 Å². The van der Waals surface area contributed by atoms with Gasteiger partial charge in [-0.05, 0) is 32.5 Å². The van der Waals surface area contributed by atoms with Crippen LogP contribution < -0.4 is 10.6 Å². The summed E-state index contributed by atoms with van der Waals surface area (Å²) >= 11 is 0. The van der Waals surface area contributed by atoms with Crippen molar-refractivity contribution in [2.24, 2.45) is 0 Å². The lowest BCUT2D eigenvalue weighted by atomic mass is 10.2. The lowest BCUT2D eigenvalue weighted by molar-refractivity contribution is -0.125. The van der Waals surface area contributed by atoms with Crippen LogP contribution in [-0.4, -0.2) is 62.8 Å². The fourth-order valence-corrected chi connectivity index (χ4v) is 2.07. The molecule has 0 aromatic carbocycles. The molecule has 0 saturated carbocycles. The number of carbonyl (C=O) groups excluding carboxylic acids is 1. The lowest BCUT2D eigenvalue weighted by Gasteiger charge is -2.23. The molecule has 1 saturated heterocycles. The molecule has 7 heteroatoms. The quantitative estimate of drug-likeness (QED) is 0.654. The van der Waals surface area contributed by atoms with Crippen LogP contribution in [0.15, 0.2) is 0 Å². The summed E-state index contributed by atoms with van der Waals surface area (Å²) in [7, 11) is 0. The van der Waals surface area contributed by atoms with Gasteiger partial charge < -0.3 is 20.3 Å². The van der Waals surface area contributed by atoms with Gasteiger partial charge in [0.2, 0.25) is 5.91 Å². The van der Waals surface area contributed by atoms with Gasteiger partial charge in [-0.1, -0.05) is 13.8 Å². The zero-order chi connectivity index (χ0) is 13.2. The Bertz CT molecular complexity index is 236. The molecule has 122 valence electrons. The molecule has 20 heavy (non-hydrogen) atoms. The van der Waals surface area contributed by atoms with Crippen LogP contribution >= 0.6 is 24.8 Å². The van der Waals surface area contributed by atoms with Gasteiger partial charge in [-0.3, -0.25) is 4.79 Å². The number of amides is 1. The van der Waals surface area contributed by atoms with Crippen molar-refractivity contribution in [1.82, 2.24) is 15.5 Å². The summed E-state index contributed by atoms with van der Waals surface area (Å²) in [6.07, 6.45) is 2.17. The number of morpholine rings is 1. The summed E-state index contributed by atoms with van der Waals surface area (Å²) in [6.45, 7) is 10.4. The highest BCUT2D eigenvalue weighted by Crippen LogP contribution is 1.96. The standard InChI is InChI=1S/C13H27N3O2.2ClH/c1-3-16(4-2)9-6-5-7-15-13(17)12-11-18-10-8-14-12;;/h12,14H,3-11H2,1-2H3,(H,15,17);2*1H. The summed E-state index contributed by atoms with van der Waals surface area (Å²) in [5.74, 6) is 0.0672. The highest BCUT2D eigenvalue weighted by Gasteiger charge is 2.20. The lowest BCUT2D eigenvalue weighted by Crippen LogP contribution is -2.51. The maximum atomic E-state index is 11.7. The number of unbranched alkanes of at least 4 members (excludes halogenated alkanes) is 1. The molecule has 0 aliphatic carbocycles. The molecule has 1 amide bonds. The summed E-state index contributed by atoms with van der Waals surface area (Å²) in [4.78, 5) is 14.1. The average Bonchev–Trinajstić information content (AvgIpc) is 2.43. The largest absolute Gasteiger partial charge is 0.378 e. The highest BCUT2D eigenvalue weighted by atomic mass is 35.5. The Balaban J connectivity index is 0. The Morgan fingerprint density at radius 1 is 1.30 bits per heavy atom. The monoisotopic (exact) mass is 329 g/mol. The zero-order valence-corrected chi connectivity index (χ0v) is 14.2. The van der Waals surface area contributed by atoms with E-state index in [0.717, 1.165) is 45.6 Å². The number of hydrogen-bond acceptors (Lipinski definition) is 4. The number of rotatable bonds is 8. The van der Waals surface area contributed by atoms with Crippen LogP contribution in [0.2, 0.25) is 0 Å². The Morgan fingerprint density at radius 3 is 2.55 bits per heavy atom. The molecule has 1 atom stereocenters. The van der Waals surface area contributed by atoms with Crippen molar-refractivity contribution < 1.29 is 9.53 Å². The topological polar surface area (TPSA) is 53.6 Å². The van der Waals surface area contributed by atoms with Gasteiger partial charge in [0.1, 0.15) is 6.04 Å². The van der Waals surface area contributed by atoms with Gasteiger partial charge in [0.15, 0.2) is 0 Å².